The molecule has 0 aliphatic carbocycles. The monoisotopic (exact) mass is 258 g/mol. The Balaban J connectivity index is 2.31. The van der Waals surface area contributed by atoms with Crippen molar-refractivity contribution in [2.75, 3.05) is 5.73 Å². The number of nitrogens with two attached hydrogens (primary N) is 1. The Kier molecular flexibility index (Phi) is 2.85. The molecule has 0 fully saturated rings. The third-order valence-corrected chi connectivity index (χ3v) is 2.04. The highest BCUT2D eigenvalue weighted by Gasteiger charge is 2.31. The van der Waals surface area contributed by atoms with Crippen LogP contribution in [-0.2, 0) is 13.2 Å². The van der Waals surface area contributed by atoms with Gasteiger partial charge in [0.2, 0.25) is 0 Å². The number of rotatable bonds is 2. The summed E-state index contributed by atoms with van der Waals surface area (Å²) < 4.78 is 44.1. The second kappa shape index (κ2) is 4.21. The Bertz CT molecular complexity index is 564. The summed E-state index contributed by atoms with van der Waals surface area (Å²) in [6, 6.07) is 2.90. The second-order valence-corrected chi connectivity index (χ2v) is 3.59. The van der Waals surface area contributed by atoms with Gasteiger partial charge in [0, 0.05) is 18.8 Å². The van der Waals surface area contributed by atoms with Gasteiger partial charge in [-0.15, -0.1) is 5.10 Å². The van der Waals surface area contributed by atoms with Crippen molar-refractivity contribution < 1.29 is 17.9 Å². The molecule has 8 heteroatoms. The molecule has 0 amide bonds. The van der Waals surface area contributed by atoms with E-state index in [1.807, 2.05) is 0 Å². The van der Waals surface area contributed by atoms with Gasteiger partial charge in [0.05, 0.1) is 5.56 Å². The Morgan fingerprint density at radius 2 is 2.00 bits per heavy atom. The first kappa shape index (κ1) is 12.2. The second-order valence-electron chi connectivity index (χ2n) is 3.59. The van der Waals surface area contributed by atoms with Gasteiger partial charge in [-0.3, -0.25) is 4.68 Å². The normalized spacial score (nSPS) is 11.6. The van der Waals surface area contributed by atoms with Crippen molar-refractivity contribution in [3.63, 3.8) is 0 Å². The van der Waals surface area contributed by atoms with Gasteiger partial charge in [-0.1, -0.05) is 0 Å². The molecule has 0 atom stereocenters. The van der Waals surface area contributed by atoms with Crippen LogP contribution in [-0.4, -0.2) is 14.8 Å². The molecular weight excluding hydrogens is 249 g/mol. The molecule has 2 aromatic rings. The standard InChI is InChI=1S/C10H9F3N4O/c1-17-5-15-9(16-17)18-8-3-6(10(11,12)13)2-7(14)4-8/h2-5H,14H2,1H3. The van der Waals surface area contributed by atoms with Crippen molar-refractivity contribution in [3.05, 3.63) is 30.1 Å². The number of aromatic nitrogens is 3. The largest absolute Gasteiger partial charge is 0.423 e. The van der Waals surface area contributed by atoms with Crippen molar-refractivity contribution in [3.8, 4) is 11.8 Å². The van der Waals surface area contributed by atoms with Crippen LogP contribution in [0.15, 0.2) is 24.5 Å². The molecule has 1 aromatic carbocycles. The summed E-state index contributed by atoms with van der Waals surface area (Å²) >= 11 is 0. The van der Waals surface area contributed by atoms with Crippen LogP contribution in [0.1, 0.15) is 5.56 Å². The minimum Gasteiger partial charge on any atom is -0.423 e. The van der Waals surface area contributed by atoms with Gasteiger partial charge >= 0.3 is 12.2 Å². The summed E-state index contributed by atoms with van der Waals surface area (Å²) in [5, 5.41) is 3.79. The van der Waals surface area contributed by atoms with E-state index < -0.39 is 11.7 Å². The molecule has 2 rings (SSSR count). The van der Waals surface area contributed by atoms with E-state index in [-0.39, 0.29) is 17.4 Å². The van der Waals surface area contributed by atoms with E-state index in [0.717, 1.165) is 12.1 Å². The fourth-order valence-electron chi connectivity index (χ4n) is 1.32. The molecule has 0 spiro atoms. The van der Waals surface area contributed by atoms with Crippen LogP contribution in [0.25, 0.3) is 0 Å². The van der Waals surface area contributed by atoms with Crippen LogP contribution in [0.4, 0.5) is 18.9 Å². The number of nitrogen functional groups attached to an aromatic ring is 1. The lowest BCUT2D eigenvalue weighted by Crippen LogP contribution is -2.06. The van der Waals surface area contributed by atoms with Gasteiger partial charge in [-0.2, -0.15) is 18.2 Å². The van der Waals surface area contributed by atoms with Crippen LogP contribution >= 0.6 is 0 Å². The lowest BCUT2D eigenvalue weighted by atomic mass is 10.2. The van der Waals surface area contributed by atoms with Crippen LogP contribution < -0.4 is 10.5 Å². The lowest BCUT2D eigenvalue weighted by Gasteiger charge is -2.09. The number of ether oxygens (including phenoxy) is 1. The van der Waals surface area contributed by atoms with Crippen LogP contribution in [0.2, 0.25) is 0 Å². The zero-order chi connectivity index (χ0) is 13.3. The molecule has 0 unspecified atom stereocenters. The molecule has 0 radical (unpaired) electrons. The van der Waals surface area contributed by atoms with Gasteiger partial charge in [0.1, 0.15) is 12.1 Å². The molecule has 0 saturated carbocycles. The lowest BCUT2D eigenvalue weighted by molar-refractivity contribution is -0.137. The molecule has 0 aliphatic rings. The van der Waals surface area contributed by atoms with Gasteiger partial charge in [-0.25, -0.2) is 0 Å². The minimum atomic E-state index is -4.48. The quantitative estimate of drug-likeness (QED) is 0.838. The Morgan fingerprint density at radius 3 is 2.56 bits per heavy atom. The molecule has 1 aromatic heterocycles. The molecule has 0 bridgehead atoms. The minimum absolute atomic E-state index is 0.0452. The molecule has 0 saturated heterocycles. The summed E-state index contributed by atoms with van der Waals surface area (Å²) in [7, 11) is 1.61. The van der Waals surface area contributed by atoms with Crippen LogP contribution in [0.5, 0.6) is 11.8 Å². The van der Waals surface area contributed by atoms with Crippen molar-refractivity contribution in [1.29, 1.82) is 0 Å². The molecule has 96 valence electrons. The number of hydrogen-bond donors (Lipinski definition) is 1. The molecule has 18 heavy (non-hydrogen) atoms. The molecule has 0 aliphatic heterocycles. The number of aryl methyl sites for hydroxylation is 1. The highest BCUT2D eigenvalue weighted by molar-refractivity contribution is 5.49. The smallest absolute Gasteiger partial charge is 0.416 e. The van der Waals surface area contributed by atoms with Gasteiger partial charge in [0.15, 0.2) is 0 Å². The average Bonchev–Trinajstić information content (AvgIpc) is 2.61. The highest BCUT2D eigenvalue weighted by atomic mass is 19.4. The van der Waals surface area contributed by atoms with E-state index in [9.17, 15) is 13.2 Å². The Labute approximate surface area is 100.0 Å². The van der Waals surface area contributed by atoms with Crippen molar-refractivity contribution in [1.82, 2.24) is 14.8 Å². The summed E-state index contributed by atoms with van der Waals surface area (Å²) in [4.78, 5) is 3.74. The highest BCUT2D eigenvalue weighted by Crippen LogP contribution is 2.34. The summed E-state index contributed by atoms with van der Waals surface area (Å²) in [6.45, 7) is 0. The van der Waals surface area contributed by atoms with Crippen molar-refractivity contribution in [2.24, 2.45) is 7.05 Å². The van der Waals surface area contributed by atoms with Crippen LogP contribution in [0, 0.1) is 0 Å². The first-order valence-corrected chi connectivity index (χ1v) is 4.86. The summed E-state index contributed by atoms with van der Waals surface area (Å²) in [5.74, 6) is -0.0616. The van der Waals surface area contributed by atoms with Gasteiger partial charge in [-0.05, 0) is 12.1 Å². The topological polar surface area (TPSA) is 66.0 Å². The van der Waals surface area contributed by atoms with E-state index in [0.29, 0.717) is 0 Å². The first-order chi connectivity index (χ1) is 8.34. The number of nitrogens with zero attached hydrogens (tertiary/aromatic N) is 3. The first-order valence-electron chi connectivity index (χ1n) is 4.86. The number of benzene rings is 1. The predicted octanol–water partition coefficient (Wildman–Crippen LogP) is 2.21. The zero-order valence-corrected chi connectivity index (χ0v) is 9.27. The number of alkyl halides is 3. The molecule has 5 nitrogen and oxygen atoms in total. The van der Waals surface area contributed by atoms with E-state index in [1.165, 1.54) is 17.1 Å². The summed E-state index contributed by atoms with van der Waals surface area (Å²) in [6.07, 6.45) is -3.11. The van der Waals surface area contributed by atoms with Gasteiger partial charge in [0.25, 0.3) is 0 Å². The molecule has 1 heterocycles. The van der Waals surface area contributed by atoms with Crippen LogP contribution in [0.3, 0.4) is 0 Å². The van der Waals surface area contributed by atoms with E-state index in [1.54, 1.807) is 7.05 Å². The SMILES string of the molecule is Cn1cnc(Oc2cc(N)cc(C(F)(F)F)c2)n1. The Hall–Kier alpha value is -2.25. The fraction of sp³-hybridized carbons (Fsp3) is 0.200. The molecular formula is C10H9F3N4O. The number of hydrogen-bond acceptors (Lipinski definition) is 4. The Morgan fingerprint density at radius 1 is 1.28 bits per heavy atom. The summed E-state index contributed by atoms with van der Waals surface area (Å²) in [5.41, 5.74) is 4.46. The fourth-order valence-corrected chi connectivity index (χ4v) is 1.32. The zero-order valence-electron chi connectivity index (χ0n) is 9.27. The van der Waals surface area contributed by atoms with E-state index in [4.69, 9.17) is 10.5 Å². The maximum Gasteiger partial charge on any atom is 0.416 e. The van der Waals surface area contributed by atoms with Gasteiger partial charge < -0.3 is 10.5 Å². The number of halogens is 3. The number of anilines is 1. The third-order valence-electron chi connectivity index (χ3n) is 2.04. The molecule has 2 N–H and O–H groups in total. The van der Waals surface area contributed by atoms with E-state index in [2.05, 4.69) is 10.1 Å². The average molecular weight is 258 g/mol. The van der Waals surface area contributed by atoms with E-state index >= 15 is 0 Å². The third kappa shape index (κ3) is 2.70. The maximum absolute atomic E-state index is 12.5. The van der Waals surface area contributed by atoms with Crippen molar-refractivity contribution in [2.45, 2.75) is 6.18 Å². The van der Waals surface area contributed by atoms with Crippen molar-refractivity contribution >= 4 is 5.69 Å². The maximum atomic E-state index is 12.5. The predicted molar refractivity (Wildman–Crippen MR) is 56.9 cm³/mol.